The lowest BCUT2D eigenvalue weighted by atomic mass is 10.0. The van der Waals surface area contributed by atoms with E-state index in [1.165, 1.54) is 5.39 Å². The lowest BCUT2D eigenvalue weighted by Crippen LogP contribution is -2.17. The zero-order valence-electron chi connectivity index (χ0n) is 9.22. The van der Waals surface area contributed by atoms with Crippen molar-refractivity contribution in [3.8, 4) is 5.75 Å². The molecule has 1 heterocycles. The van der Waals surface area contributed by atoms with Crippen LogP contribution in [0.4, 0.5) is 0 Å². The van der Waals surface area contributed by atoms with Gasteiger partial charge in [-0.15, -0.1) is 0 Å². The molecule has 17 heavy (non-hydrogen) atoms. The molecule has 0 saturated carbocycles. The topological polar surface area (TPSA) is 46.5 Å². The van der Waals surface area contributed by atoms with E-state index in [1.807, 2.05) is 24.3 Å². The van der Waals surface area contributed by atoms with Crippen LogP contribution in [0, 0.1) is 0 Å². The lowest BCUT2D eigenvalue weighted by Gasteiger charge is -2.06. The zero-order valence-corrected chi connectivity index (χ0v) is 9.22. The summed E-state index contributed by atoms with van der Waals surface area (Å²) in [6.45, 7) is 0. The van der Waals surface area contributed by atoms with Crippen molar-refractivity contribution in [3.63, 3.8) is 0 Å². The van der Waals surface area contributed by atoms with Crippen LogP contribution in [0.25, 0.3) is 10.8 Å². The van der Waals surface area contributed by atoms with Gasteiger partial charge in [0.25, 0.3) is 0 Å². The first kappa shape index (κ1) is 10.1. The van der Waals surface area contributed by atoms with Gasteiger partial charge in [-0.25, -0.2) is 0 Å². The highest BCUT2D eigenvalue weighted by atomic mass is 16.5. The second-order valence-electron chi connectivity index (χ2n) is 4.31. The Morgan fingerprint density at radius 2 is 2.12 bits per heavy atom. The molecule has 1 atom stereocenters. The Balaban J connectivity index is 2.02. The molecule has 1 N–H and O–H groups in total. The third-order valence-corrected chi connectivity index (χ3v) is 3.13. The molecule has 0 amide bonds. The van der Waals surface area contributed by atoms with Gasteiger partial charge in [0, 0.05) is 12.0 Å². The van der Waals surface area contributed by atoms with Crippen LogP contribution in [0.3, 0.4) is 0 Å². The van der Waals surface area contributed by atoms with Gasteiger partial charge < -0.3 is 9.84 Å². The number of benzene rings is 2. The summed E-state index contributed by atoms with van der Waals surface area (Å²) in [6, 6.07) is 12.0. The van der Waals surface area contributed by atoms with Gasteiger partial charge in [0.1, 0.15) is 11.9 Å². The summed E-state index contributed by atoms with van der Waals surface area (Å²) in [7, 11) is 0. The minimum absolute atomic E-state index is 0.0585. The molecule has 1 aliphatic heterocycles. The van der Waals surface area contributed by atoms with Gasteiger partial charge in [-0.1, -0.05) is 30.3 Å². The van der Waals surface area contributed by atoms with Crippen molar-refractivity contribution in [3.05, 3.63) is 42.0 Å². The molecule has 86 valence electrons. The molecule has 2 aromatic rings. The Morgan fingerprint density at radius 3 is 2.94 bits per heavy atom. The van der Waals surface area contributed by atoms with E-state index in [9.17, 15) is 4.79 Å². The third-order valence-electron chi connectivity index (χ3n) is 3.13. The highest BCUT2D eigenvalue weighted by Gasteiger charge is 2.26. The van der Waals surface area contributed by atoms with Crippen molar-refractivity contribution in [1.82, 2.24) is 0 Å². The van der Waals surface area contributed by atoms with E-state index in [1.54, 1.807) is 0 Å². The van der Waals surface area contributed by atoms with Crippen molar-refractivity contribution in [2.75, 3.05) is 0 Å². The van der Waals surface area contributed by atoms with E-state index in [2.05, 4.69) is 12.1 Å². The summed E-state index contributed by atoms with van der Waals surface area (Å²) >= 11 is 0. The Morgan fingerprint density at radius 1 is 1.29 bits per heavy atom. The first-order valence-corrected chi connectivity index (χ1v) is 5.63. The Hall–Kier alpha value is -2.03. The van der Waals surface area contributed by atoms with Crippen molar-refractivity contribution in [1.29, 1.82) is 0 Å². The molecule has 1 aliphatic rings. The number of ether oxygens (including phenoxy) is 1. The first-order valence-electron chi connectivity index (χ1n) is 5.63. The maximum atomic E-state index is 10.7. The molecule has 1 unspecified atom stereocenters. The SMILES string of the molecule is O=C(O)CC1Cc2c(ccc3ccccc23)O1. The summed E-state index contributed by atoms with van der Waals surface area (Å²) < 4.78 is 5.65. The number of carbonyl (C=O) groups is 1. The zero-order chi connectivity index (χ0) is 11.8. The van der Waals surface area contributed by atoms with Gasteiger partial charge in [0.05, 0.1) is 6.42 Å². The molecule has 2 aromatic carbocycles. The summed E-state index contributed by atoms with van der Waals surface area (Å²) in [5.41, 5.74) is 1.13. The predicted molar refractivity (Wildman–Crippen MR) is 64.3 cm³/mol. The van der Waals surface area contributed by atoms with Crippen LogP contribution in [-0.4, -0.2) is 17.2 Å². The van der Waals surface area contributed by atoms with Gasteiger partial charge in [-0.2, -0.15) is 0 Å². The minimum Gasteiger partial charge on any atom is -0.489 e. The number of hydrogen-bond acceptors (Lipinski definition) is 2. The molecule has 0 aliphatic carbocycles. The standard InChI is InChI=1S/C14H12O3/c15-14(16)8-10-7-12-11-4-2-1-3-9(11)5-6-13(12)17-10/h1-6,10H,7-8H2,(H,15,16). The smallest absolute Gasteiger partial charge is 0.307 e. The molecule has 0 saturated heterocycles. The fourth-order valence-corrected chi connectivity index (χ4v) is 2.39. The molecular weight excluding hydrogens is 216 g/mol. The van der Waals surface area contributed by atoms with Gasteiger partial charge in [0.2, 0.25) is 0 Å². The number of carboxylic acids is 1. The molecule has 0 bridgehead atoms. The molecule has 0 aromatic heterocycles. The molecule has 0 spiro atoms. The summed E-state index contributed by atoms with van der Waals surface area (Å²) in [5.74, 6) is 0.0158. The Bertz CT molecular complexity index is 589. The monoisotopic (exact) mass is 228 g/mol. The quantitative estimate of drug-likeness (QED) is 0.859. The van der Waals surface area contributed by atoms with Crippen LogP contribution in [0.15, 0.2) is 36.4 Å². The van der Waals surface area contributed by atoms with E-state index >= 15 is 0 Å². The molecule has 0 radical (unpaired) electrons. The summed E-state index contributed by atoms with van der Waals surface area (Å²) in [4.78, 5) is 10.7. The number of rotatable bonds is 2. The number of fused-ring (bicyclic) bond motifs is 3. The van der Waals surface area contributed by atoms with Gasteiger partial charge >= 0.3 is 5.97 Å². The van der Waals surface area contributed by atoms with Gasteiger partial charge in [-0.3, -0.25) is 4.79 Å². The van der Waals surface area contributed by atoms with Crippen LogP contribution in [-0.2, 0) is 11.2 Å². The third kappa shape index (κ3) is 1.73. The molecular formula is C14H12O3. The van der Waals surface area contributed by atoms with E-state index in [-0.39, 0.29) is 12.5 Å². The van der Waals surface area contributed by atoms with Crippen molar-refractivity contribution in [2.45, 2.75) is 18.9 Å². The Labute approximate surface area is 98.6 Å². The number of aliphatic carboxylic acids is 1. The number of carboxylic acid groups (broad SMARTS) is 1. The van der Waals surface area contributed by atoms with E-state index in [0.717, 1.165) is 16.7 Å². The fourth-order valence-electron chi connectivity index (χ4n) is 2.39. The average Bonchev–Trinajstić information content (AvgIpc) is 2.70. The van der Waals surface area contributed by atoms with Crippen LogP contribution >= 0.6 is 0 Å². The average molecular weight is 228 g/mol. The predicted octanol–water partition coefficient (Wildman–Crippen LogP) is 2.62. The molecule has 3 nitrogen and oxygen atoms in total. The van der Waals surface area contributed by atoms with Crippen LogP contribution in [0.1, 0.15) is 12.0 Å². The van der Waals surface area contributed by atoms with Crippen molar-refractivity contribution < 1.29 is 14.6 Å². The minimum atomic E-state index is -0.813. The normalized spacial score (nSPS) is 17.8. The van der Waals surface area contributed by atoms with Crippen LogP contribution in [0.2, 0.25) is 0 Å². The largest absolute Gasteiger partial charge is 0.489 e. The first-order chi connectivity index (χ1) is 8.24. The van der Waals surface area contributed by atoms with Crippen molar-refractivity contribution >= 4 is 16.7 Å². The van der Waals surface area contributed by atoms with E-state index < -0.39 is 5.97 Å². The molecule has 0 fully saturated rings. The van der Waals surface area contributed by atoms with Crippen LogP contribution in [0.5, 0.6) is 5.75 Å². The molecule has 3 rings (SSSR count). The van der Waals surface area contributed by atoms with Gasteiger partial charge in [-0.05, 0) is 16.8 Å². The Kier molecular flexibility index (Phi) is 2.25. The second kappa shape index (κ2) is 3.77. The van der Waals surface area contributed by atoms with Crippen LogP contribution < -0.4 is 4.74 Å². The van der Waals surface area contributed by atoms with E-state index in [4.69, 9.17) is 9.84 Å². The second-order valence-corrected chi connectivity index (χ2v) is 4.31. The highest BCUT2D eigenvalue weighted by Crippen LogP contribution is 2.35. The maximum absolute atomic E-state index is 10.7. The molecule has 3 heteroatoms. The summed E-state index contributed by atoms with van der Waals surface area (Å²) in [6.07, 6.45) is 0.514. The highest BCUT2D eigenvalue weighted by molar-refractivity contribution is 5.88. The summed E-state index contributed by atoms with van der Waals surface area (Å²) in [5, 5.41) is 11.1. The van der Waals surface area contributed by atoms with E-state index in [0.29, 0.717) is 6.42 Å². The maximum Gasteiger partial charge on any atom is 0.307 e. The van der Waals surface area contributed by atoms with Crippen molar-refractivity contribution in [2.24, 2.45) is 0 Å². The fraction of sp³-hybridized carbons (Fsp3) is 0.214. The van der Waals surface area contributed by atoms with Gasteiger partial charge in [0.15, 0.2) is 0 Å². The lowest BCUT2D eigenvalue weighted by molar-refractivity contribution is -0.138. The number of hydrogen-bond donors (Lipinski definition) is 1.